The van der Waals surface area contributed by atoms with Gasteiger partial charge in [-0.15, -0.1) is 4.91 Å². The Morgan fingerprint density at radius 2 is 1.87 bits per heavy atom. The highest BCUT2D eigenvalue weighted by atomic mass is 16.6. The normalized spacial score (nSPS) is 10.9. The summed E-state index contributed by atoms with van der Waals surface area (Å²) < 4.78 is 10.8. The number of nitroso groups, excluding NO2 is 1. The van der Waals surface area contributed by atoms with Crippen LogP contribution in [0.1, 0.15) is 31.3 Å². The molecule has 0 saturated carbocycles. The number of hydrogen-bond acceptors (Lipinski definition) is 7. The average molecular weight is 315 g/mol. The van der Waals surface area contributed by atoms with Crippen LogP contribution in [0.25, 0.3) is 0 Å². The van der Waals surface area contributed by atoms with Crippen LogP contribution in [0.2, 0.25) is 0 Å². The third-order valence-electron chi connectivity index (χ3n) is 2.68. The molecule has 0 fully saturated rings. The van der Waals surface area contributed by atoms with Gasteiger partial charge in [0.2, 0.25) is 0 Å². The number of hydrogen-bond donors (Lipinski definition) is 1. The van der Waals surface area contributed by atoms with Gasteiger partial charge in [-0.1, -0.05) is 0 Å². The van der Waals surface area contributed by atoms with Gasteiger partial charge in [-0.3, -0.25) is 0 Å². The number of nitrogen functional groups attached to an aromatic ring is 1. The van der Waals surface area contributed by atoms with Crippen LogP contribution in [0, 0.1) is 4.91 Å². The van der Waals surface area contributed by atoms with Gasteiger partial charge in [0.25, 0.3) is 0 Å². The van der Waals surface area contributed by atoms with E-state index in [1.807, 2.05) is 0 Å². The summed E-state index contributed by atoms with van der Waals surface area (Å²) in [6, 6.07) is 7.56. The fourth-order valence-corrected chi connectivity index (χ4v) is 1.72. The van der Waals surface area contributed by atoms with Gasteiger partial charge in [-0.05, 0) is 44.1 Å². The Kier molecular flexibility index (Phi) is 4.59. The number of rotatable bonds is 4. The van der Waals surface area contributed by atoms with Crippen molar-refractivity contribution < 1.29 is 14.3 Å². The molecule has 0 atom stereocenters. The molecule has 2 aromatic rings. The smallest absolute Gasteiger partial charge is 0.357 e. The summed E-state index contributed by atoms with van der Waals surface area (Å²) >= 11 is 0. The highest BCUT2D eigenvalue weighted by Gasteiger charge is 2.19. The largest absolute Gasteiger partial charge is 0.457 e. The molecule has 23 heavy (non-hydrogen) atoms. The molecule has 0 amide bonds. The predicted molar refractivity (Wildman–Crippen MR) is 85.8 cm³/mol. The Balaban J connectivity index is 2.20. The van der Waals surface area contributed by atoms with Gasteiger partial charge in [0.1, 0.15) is 22.8 Å². The van der Waals surface area contributed by atoms with E-state index in [2.05, 4.69) is 10.2 Å². The Morgan fingerprint density at radius 1 is 1.17 bits per heavy atom. The Morgan fingerprint density at radius 3 is 2.52 bits per heavy atom. The number of carbonyl (C=O) groups is 1. The molecule has 7 nitrogen and oxygen atoms in total. The molecule has 0 aliphatic rings. The Bertz CT molecular complexity index is 738. The summed E-state index contributed by atoms with van der Waals surface area (Å²) in [5.41, 5.74) is 5.46. The number of benzene rings is 1. The first-order chi connectivity index (χ1) is 10.8. The molecule has 2 N–H and O–H groups in total. The van der Waals surface area contributed by atoms with Gasteiger partial charge in [-0.25, -0.2) is 9.78 Å². The summed E-state index contributed by atoms with van der Waals surface area (Å²) in [7, 11) is 0. The van der Waals surface area contributed by atoms with Gasteiger partial charge in [0, 0.05) is 18.3 Å². The van der Waals surface area contributed by atoms with Crippen molar-refractivity contribution >= 4 is 17.3 Å². The molecule has 1 heterocycles. The van der Waals surface area contributed by atoms with Crippen molar-refractivity contribution in [2.45, 2.75) is 26.4 Å². The zero-order valence-electron chi connectivity index (χ0n) is 13.1. The molecule has 0 aliphatic heterocycles. The zero-order valence-corrected chi connectivity index (χ0v) is 13.1. The third kappa shape index (κ3) is 4.50. The first kappa shape index (κ1) is 16.4. The van der Waals surface area contributed by atoms with E-state index in [0.29, 0.717) is 11.5 Å². The fourth-order valence-electron chi connectivity index (χ4n) is 1.72. The molecule has 0 unspecified atom stereocenters. The molecular formula is C16H17N3O4. The van der Waals surface area contributed by atoms with Crippen molar-refractivity contribution in [2.75, 3.05) is 5.73 Å². The summed E-state index contributed by atoms with van der Waals surface area (Å²) in [5, 5.41) is 2.82. The maximum atomic E-state index is 12.0. The van der Waals surface area contributed by atoms with Gasteiger partial charge in [-0.2, -0.15) is 0 Å². The highest BCUT2D eigenvalue weighted by molar-refractivity contribution is 5.87. The monoisotopic (exact) mass is 315 g/mol. The zero-order chi connectivity index (χ0) is 17.0. The summed E-state index contributed by atoms with van der Waals surface area (Å²) in [4.78, 5) is 26.6. The molecule has 1 aromatic carbocycles. The molecule has 0 bridgehead atoms. The van der Waals surface area contributed by atoms with Crippen LogP contribution < -0.4 is 10.5 Å². The lowest BCUT2D eigenvalue weighted by Crippen LogP contribution is -2.24. The van der Waals surface area contributed by atoms with Crippen molar-refractivity contribution in [1.82, 2.24) is 4.98 Å². The lowest BCUT2D eigenvalue weighted by Gasteiger charge is -2.19. The predicted octanol–water partition coefficient (Wildman–Crippen LogP) is 3.81. The second-order valence-electron chi connectivity index (χ2n) is 5.79. The Hall–Kier alpha value is -2.96. The minimum atomic E-state index is -0.614. The first-order valence-corrected chi connectivity index (χ1v) is 6.88. The number of nitrogens with two attached hydrogens (primary N) is 1. The van der Waals surface area contributed by atoms with E-state index in [4.69, 9.17) is 15.2 Å². The van der Waals surface area contributed by atoms with E-state index in [9.17, 15) is 9.70 Å². The van der Waals surface area contributed by atoms with E-state index < -0.39 is 11.6 Å². The second-order valence-corrected chi connectivity index (χ2v) is 5.79. The van der Waals surface area contributed by atoms with Crippen LogP contribution in [0.15, 0.2) is 41.7 Å². The van der Waals surface area contributed by atoms with Crippen LogP contribution in [-0.4, -0.2) is 16.6 Å². The Labute approximate surface area is 133 Å². The third-order valence-corrected chi connectivity index (χ3v) is 2.68. The van der Waals surface area contributed by atoms with Crippen molar-refractivity contribution in [1.29, 1.82) is 0 Å². The summed E-state index contributed by atoms with van der Waals surface area (Å²) in [5.74, 6) is 0.202. The molecular weight excluding hydrogens is 298 g/mol. The van der Waals surface area contributed by atoms with Crippen molar-refractivity contribution in [3.05, 3.63) is 47.1 Å². The van der Waals surface area contributed by atoms with E-state index in [-0.39, 0.29) is 17.1 Å². The molecule has 1 aromatic heterocycles. The second kappa shape index (κ2) is 6.43. The molecule has 0 radical (unpaired) electrons. The number of pyridine rings is 1. The molecule has 0 aliphatic carbocycles. The number of nitrogens with zero attached hydrogens (tertiary/aromatic N) is 2. The molecule has 120 valence electrons. The minimum Gasteiger partial charge on any atom is -0.457 e. The lowest BCUT2D eigenvalue weighted by molar-refractivity contribution is 0.00625. The van der Waals surface area contributed by atoms with E-state index in [1.165, 1.54) is 24.4 Å². The first-order valence-electron chi connectivity index (χ1n) is 6.88. The fraction of sp³-hybridized carbons (Fsp3) is 0.250. The number of esters is 1. The van der Waals surface area contributed by atoms with Crippen molar-refractivity contribution in [2.24, 2.45) is 5.18 Å². The molecule has 0 spiro atoms. The average Bonchev–Trinajstić information content (AvgIpc) is 2.48. The molecule has 0 saturated heterocycles. The topological polar surface area (TPSA) is 104 Å². The maximum Gasteiger partial charge on any atom is 0.357 e. The van der Waals surface area contributed by atoms with E-state index in [0.717, 1.165) is 0 Å². The lowest BCUT2D eigenvalue weighted by atomic mass is 10.2. The maximum absolute atomic E-state index is 12.0. The van der Waals surface area contributed by atoms with Crippen LogP contribution in [-0.2, 0) is 4.74 Å². The van der Waals surface area contributed by atoms with Gasteiger partial charge in [0.05, 0.1) is 5.69 Å². The van der Waals surface area contributed by atoms with Gasteiger partial charge < -0.3 is 15.2 Å². The SMILES string of the molecule is CC(C)(C)OC(=O)c1cc(Oc2ccc(N)c(N=O)c2)ccn1. The van der Waals surface area contributed by atoms with Crippen molar-refractivity contribution in [3.8, 4) is 11.5 Å². The van der Waals surface area contributed by atoms with Crippen molar-refractivity contribution in [3.63, 3.8) is 0 Å². The van der Waals surface area contributed by atoms with E-state index in [1.54, 1.807) is 32.9 Å². The molecule has 7 heteroatoms. The number of ether oxygens (including phenoxy) is 2. The summed E-state index contributed by atoms with van der Waals surface area (Å²) in [6.07, 6.45) is 1.44. The van der Waals surface area contributed by atoms with Gasteiger partial charge in [0.15, 0.2) is 5.69 Å². The number of anilines is 1. The highest BCUT2D eigenvalue weighted by Crippen LogP contribution is 2.30. The number of aromatic nitrogens is 1. The molecule has 2 rings (SSSR count). The van der Waals surface area contributed by atoms with Crippen LogP contribution in [0.5, 0.6) is 11.5 Å². The van der Waals surface area contributed by atoms with Crippen LogP contribution in [0.4, 0.5) is 11.4 Å². The van der Waals surface area contributed by atoms with Crippen LogP contribution >= 0.6 is 0 Å². The number of carbonyl (C=O) groups excluding carboxylic acids is 1. The van der Waals surface area contributed by atoms with E-state index >= 15 is 0 Å². The quantitative estimate of drug-likeness (QED) is 0.522. The minimum absolute atomic E-state index is 0.0870. The van der Waals surface area contributed by atoms with Crippen LogP contribution in [0.3, 0.4) is 0 Å². The standard InChI is InChI=1S/C16H17N3O4/c1-16(2,3)23-15(20)14-9-11(6-7-18-14)22-10-4-5-12(17)13(8-10)19-21/h4-9H,17H2,1-3H3. The summed E-state index contributed by atoms with van der Waals surface area (Å²) in [6.45, 7) is 5.31. The van der Waals surface area contributed by atoms with Gasteiger partial charge >= 0.3 is 5.97 Å².